The van der Waals surface area contributed by atoms with Gasteiger partial charge in [0, 0.05) is 21.0 Å². The van der Waals surface area contributed by atoms with Gasteiger partial charge in [0.05, 0.1) is 12.7 Å². The Morgan fingerprint density at radius 3 is 2.16 bits per heavy atom. The van der Waals surface area contributed by atoms with Crippen LogP contribution in [0.4, 0.5) is 0 Å². The zero-order valence-electron chi connectivity index (χ0n) is 11.5. The van der Waals surface area contributed by atoms with E-state index in [-0.39, 0.29) is 6.61 Å². The molecule has 1 fully saturated rings. The summed E-state index contributed by atoms with van der Waals surface area (Å²) in [6.45, 7) is 4.27. The Labute approximate surface area is 111 Å². The number of aliphatic hydroxyl groups excluding tert-OH is 1. The molecular formula is C12H20O7. The van der Waals surface area contributed by atoms with Crippen LogP contribution in [0, 0.1) is 0 Å². The van der Waals surface area contributed by atoms with Crippen LogP contribution in [-0.4, -0.2) is 61.3 Å². The highest BCUT2D eigenvalue weighted by Gasteiger charge is 2.47. The summed E-state index contributed by atoms with van der Waals surface area (Å²) in [5.41, 5.74) is 0. The first-order valence-electron chi connectivity index (χ1n) is 6.03. The van der Waals surface area contributed by atoms with Crippen molar-refractivity contribution in [2.45, 2.75) is 51.3 Å². The predicted octanol–water partition coefficient (Wildman–Crippen LogP) is -0.356. The van der Waals surface area contributed by atoms with Crippen LogP contribution in [0.5, 0.6) is 0 Å². The lowest BCUT2D eigenvalue weighted by molar-refractivity contribution is -0.243. The standard InChI is InChI=1S/C12H20O7/c1-6-10(15)12(19-8(3)14)11(18-7(2)13)9(17-6)5-16-4/h6,9-12,15H,5H2,1-4H3. The second-order valence-electron chi connectivity index (χ2n) is 4.47. The van der Waals surface area contributed by atoms with Crippen LogP contribution in [0.3, 0.4) is 0 Å². The summed E-state index contributed by atoms with van der Waals surface area (Å²) in [7, 11) is 1.48. The maximum Gasteiger partial charge on any atom is 0.303 e. The summed E-state index contributed by atoms with van der Waals surface area (Å²) < 4.78 is 20.7. The molecule has 0 radical (unpaired) electrons. The fourth-order valence-corrected chi connectivity index (χ4v) is 2.07. The van der Waals surface area contributed by atoms with Crippen molar-refractivity contribution in [1.29, 1.82) is 0 Å². The van der Waals surface area contributed by atoms with Crippen LogP contribution in [0.2, 0.25) is 0 Å². The second-order valence-corrected chi connectivity index (χ2v) is 4.47. The molecule has 0 saturated carbocycles. The molecule has 19 heavy (non-hydrogen) atoms. The number of hydrogen-bond donors (Lipinski definition) is 1. The van der Waals surface area contributed by atoms with Gasteiger partial charge < -0.3 is 24.1 Å². The second kappa shape index (κ2) is 6.83. The molecule has 0 spiro atoms. The third kappa shape index (κ3) is 4.15. The molecule has 0 bridgehead atoms. The summed E-state index contributed by atoms with van der Waals surface area (Å²) >= 11 is 0. The molecular weight excluding hydrogens is 256 g/mol. The fourth-order valence-electron chi connectivity index (χ4n) is 2.07. The first-order chi connectivity index (χ1) is 8.86. The smallest absolute Gasteiger partial charge is 0.303 e. The molecule has 1 N–H and O–H groups in total. The van der Waals surface area contributed by atoms with Crippen molar-refractivity contribution >= 4 is 11.9 Å². The van der Waals surface area contributed by atoms with E-state index in [4.69, 9.17) is 18.9 Å². The molecule has 1 saturated heterocycles. The molecule has 110 valence electrons. The van der Waals surface area contributed by atoms with E-state index in [0.29, 0.717) is 0 Å². The van der Waals surface area contributed by atoms with E-state index in [1.165, 1.54) is 21.0 Å². The predicted molar refractivity (Wildman–Crippen MR) is 63.3 cm³/mol. The maximum atomic E-state index is 11.1. The van der Waals surface area contributed by atoms with Gasteiger partial charge in [-0.05, 0) is 6.92 Å². The zero-order valence-corrected chi connectivity index (χ0v) is 11.5. The molecule has 0 aromatic heterocycles. The minimum atomic E-state index is -1.07. The normalized spacial score (nSPS) is 34.7. The van der Waals surface area contributed by atoms with Gasteiger partial charge in [-0.2, -0.15) is 0 Å². The molecule has 7 heteroatoms. The number of esters is 2. The van der Waals surface area contributed by atoms with E-state index in [1.54, 1.807) is 6.92 Å². The number of aliphatic hydroxyl groups is 1. The molecule has 1 aliphatic rings. The van der Waals surface area contributed by atoms with E-state index in [0.717, 1.165) is 0 Å². The summed E-state index contributed by atoms with van der Waals surface area (Å²) in [6, 6.07) is 0. The van der Waals surface area contributed by atoms with E-state index in [1.807, 2.05) is 0 Å². The molecule has 5 unspecified atom stereocenters. The maximum absolute atomic E-state index is 11.1. The van der Waals surface area contributed by atoms with Crippen LogP contribution in [0.15, 0.2) is 0 Å². The van der Waals surface area contributed by atoms with Gasteiger partial charge in [0.25, 0.3) is 0 Å². The molecule has 7 nitrogen and oxygen atoms in total. The molecule has 1 aliphatic heterocycles. The van der Waals surface area contributed by atoms with Crippen molar-refractivity contribution in [3.8, 4) is 0 Å². The molecule has 0 aromatic carbocycles. The van der Waals surface area contributed by atoms with Crippen LogP contribution in [0.1, 0.15) is 20.8 Å². The van der Waals surface area contributed by atoms with Crippen molar-refractivity contribution in [1.82, 2.24) is 0 Å². The minimum Gasteiger partial charge on any atom is -0.456 e. The summed E-state index contributed by atoms with van der Waals surface area (Å²) in [4.78, 5) is 22.3. The highest BCUT2D eigenvalue weighted by molar-refractivity contribution is 5.67. The Bertz CT molecular complexity index is 330. The summed E-state index contributed by atoms with van der Waals surface area (Å²) in [5.74, 6) is -1.11. The highest BCUT2D eigenvalue weighted by Crippen LogP contribution is 2.26. The number of rotatable bonds is 4. The van der Waals surface area contributed by atoms with Crippen LogP contribution >= 0.6 is 0 Å². The van der Waals surface area contributed by atoms with Gasteiger partial charge in [0.2, 0.25) is 0 Å². The zero-order chi connectivity index (χ0) is 14.6. The summed E-state index contributed by atoms with van der Waals surface area (Å²) in [5, 5.41) is 10.0. The van der Waals surface area contributed by atoms with E-state index < -0.39 is 42.5 Å². The van der Waals surface area contributed by atoms with Crippen LogP contribution in [0.25, 0.3) is 0 Å². The van der Waals surface area contributed by atoms with Gasteiger partial charge in [0.15, 0.2) is 12.2 Å². The largest absolute Gasteiger partial charge is 0.456 e. The molecule has 0 amide bonds. The number of carbonyl (C=O) groups is 2. The molecule has 1 heterocycles. The average molecular weight is 276 g/mol. The first-order valence-corrected chi connectivity index (χ1v) is 6.03. The minimum absolute atomic E-state index is 0.159. The molecule has 1 rings (SSSR count). The van der Waals surface area contributed by atoms with E-state index in [2.05, 4.69) is 0 Å². The quantitative estimate of drug-likeness (QED) is 0.701. The Morgan fingerprint density at radius 2 is 1.68 bits per heavy atom. The van der Waals surface area contributed by atoms with E-state index >= 15 is 0 Å². The molecule has 0 aromatic rings. The Hall–Kier alpha value is -1.18. The lowest BCUT2D eigenvalue weighted by Gasteiger charge is -2.42. The van der Waals surface area contributed by atoms with Gasteiger partial charge in [-0.3, -0.25) is 9.59 Å². The summed E-state index contributed by atoms with van der Waals surface area (Å²) in [6.07, 6.45) is -4.09. The Kier molecular flexibility index (Phi) is 5.71. The topological polar surface area (TPSA) is 91.3 Å². The monoisotopic (exact) mass is 276 g/mol. The molecule has 5 atom stereocenters. The van der Waals surface area contributed by atoms with Crippen molar-refractivity contribution in [3.63, 3.8) is 0 Å². The number of carbonyl (C=O) groups excluding carboxylic acids is 2. The van der Waals surface area contributed by atoms with Gasteiger partial charge >= 0.3 is 11.9 Å². The lowest BCUT2D eigenvalue weighted by Crippen LogP contribution is -2.60. The first kappa shape index (κ1) is 15.9. The number of ether oxygens (including phenoxy) is 4. The van der Waals surface area contributed by atoms with Crippen molar-refractivity contribution in [2.75, 3.05) is 13.7 Å². The Balaban J connectivity index is 2.93. The highest BCUT2D eigenvalue weighted by atomic mass is 16.6. The fraction of sp³-hybridized carbons (Fsp3) is 0.833. The Morgan fingerprint density at radius 1 is 1.16 bits per heavy atom. The third-order valence-corrected chi connectivity index (χ3v) is 2.83. The number of hydrogen-bond acceptors (Lipinski definition) is 7. The van der Waals surface area contributed by atoms with Gasteiger partial charge in [0.1, 0.15) is 12.2 Å². The SMILES string of the molecule is COCC1OC(C)C(O)C(OC(C)=O)C1OC(C)=O. The average Bonchev–Trinajstić information content (AvgIpc) is 2.29. The van der Waals surface area contributed by atoms with Crippen molar-refractivity contribution < 1.29 is 33.6 Å². The van der Waals surface area contributed by atoms with Gasteiger partial charge in [-0.1, -0.05) is 0 Å². The van der Waals surface area contributed by atoms with Crippen molar-refractivity contribution in [3.05, 3.63) is 0 Å². The van der Waals surface area contributed by atoms with Crippen molar-refractivity contribution in [2.24, 2.45) is 0 Å². The van der Waals surface area contributed by atoms with Gasteiger partial charge in [-0.25, -0.2) is 0 Å². The van der Waals surface area contributed by atoms with Crippen LogP contribution < -0.4 is 0 Å². The van der Waals surface area contributed by atoms with E-state index in [9.17, 15) is 14.7 Å². The van der Waals surface area contributed by atoms with Crippen LogP contribution in [-0.2, 0) is 28.5 Å². The third-order valence-electron chi connectivity index (χ3n) is 2.83. The molecule has 0 aliphatic carbocycles. The lowest BCUT2D eigenvalue weighted by atomic mass is 9.95. The van der Waals surface area contributed by atoms with Gasteiger partial charge in [-0.15, -0.1) is 0 Å². The number of methoxy groups -OCH3 is 1.